The molecule has 3 unspecified atom stereocenters. The summed E-state index contributed by atoms with van der Waals surface area (Å²) in [6.45, 7) is 2.21. The summed E-state index contributed by atoms with van der Waals surface area (Å²) in [4.78, 5) is 0. The van der Waals surface area contributed by atoms with Crippen molar-refractivity contribution < 1.29 is 13.2 Å². The molecule has 0 radical (unpaired) electrons. The molecule has 2 heterocycles. The van der Waals surface area contributed by atoms with Crippen LogP contribution in [-0.4, -0.2) is 61.3 Å². The summed E-state index contributed by atoms with van der Waals surface area (Å²) in [5.74, 6) is 0.835. The van der Waals surface area contributed by atoms with Gasteiger partial charge in [-0.3, -0.25) is 0 Å². The Morgan fingerprint density at radius 2 is 2.00 bits per heavy atom. The van der Waals surface area contributed by atoms with E-state index in [0.717, 1.165) is 32.1 Å². The van der Waals surface area contributed by atoms with Crippen LogP contribution in [-0.2, 0) is 14.9 Å². The Morgan fingerprint density at radius 3 is 2.80 bits per heavy atom. The van der Waals surface area contributed by atoms with Gasteiger partial charge in [0.15, 0.2) is 0 Å². The molecule has 0 amide bonds. The van der Waals surface area contributed by atoms with E-state index in [1.807, 2.05) is 0 Å². The quantitative estimate of drug-likeness (QED) is 0.739. The van der Waals surface area contributed by atoms with E-state index in [1.165, 1.54) is 0 Å². The Hall–Kier alpha value is 0.120. The van der Waals surface area contributed by atoms with Gasteiger partial charge in [-0.25, -0.2) is 0 Å². The minimum absolute atomic E-state index is 0.0464. The fourth-order valence-corrected chi connectivity index (χ4v) is 5.88. The largest absolute Gasteiger partial charge is 0.375 e. The lowest BCUT2D eigenvalue weighted by Gasteiger charge is -2.41. The van der Waals surface area contributed by atoms with Gasteiger partial charge < -0.3 is 4.74 Å². The molecule has 3 fully saturated rings. The maximum atomic E-state index is 12.9. The highest BCUT2D eigenvalue weighted by Gasteiger charge is 2.44. The predicted octanol–water partition coefficient (Wildman–Crippen LogP) is 1.44. The van der Waals surface area contributed by atoms with E-state index in [1.54, 1.807) is 8.61 Å². The summed E-state index contributed by atoms with van der Waals surface area (Å²) < 4.78 is 34.8. The molecule has 0 aromatic carbocycles. The lowest BCUT2D eigenvalue weighted by atomic mass is 10.0. The average molecular weight is 323 g/mol. The summed E-state index contributed by atoms with van der Waals surface area (Å²) in [5.41, 5.74) is 0. The normalized spacial score (nSPS) is 37.0. The number of alkyl halides is 1. The number of piperidine rings is 1. The van der Waals surface area contributed by atoms with Gasteiger partial charge in [0.2, 0.25) is 0 Å². The van der Waals surface area contributed by atoms with Gasteiger partial charge in [-0.05, 0) is 38.0 Å². The summed E-state index contributed by atoms with van der Waals surface area (Å²) in [6, 6.07) is 0.0464. The van der Waals surface area contributed by atoms with Crippen molar-refractivity contribution in [2.24, 2.45) is 5.92 Å². The molecular weight excluding hydrogens is 300 g/mol. The highest BCUT2D eigenvalue weighted by atomic mass is 35.5. The fourth-order valence-electron chi connectivity index (χ4n) is 3.69. The van der Waals surface area contributed by atoms with E-state index in [9.17, 15) is 8.42 Å². The minimum Gasteiger partial charge on any atom is -0.375 e. The van der Waals surface area contributed by atoms with Crippen LogP contribution < -0.4 is 0 Å². The zero-order chi connectivity index (χ0) is 14.2. The molecule has 7 heteroatoms. The number of rotatable bonds is 3. The third-order valence-corrected chi connectivity index (χ3v) is 7.22. The van der Waals surface area contributed by atoms with Crippen molar-refractivity contribution in [3.8, 4) is 0 Å². The van der Waals surface area contributed by atoms with Gasteiger partial charge in [-0.15, -0.1) is 11.6 Å². The molecular formula is C13H23ClN2O3S. The second-order valence-corrected chi connectivity index (χ2v) is 8.24. The van der Waals surface area contributed by atoms with Crippen LogP contribution in [0.5, 0.6) is 0 Å². The SMILES string of the molecule is O=S(=O)(N1CCCC(CCl)C1)N1CCOC2CCCC21. The second kappa shape index (κ2) is 6.08. The van der Waals surface area contributed by atoms with Crippen LogP contribution in [0.3, 0.4) is 0 Å². The van der Waals surface area contributed by atoms with Gasteiger partial charge in [-0.1, -0.05) is 0 Å². The van der Waals surface area contributed by atoms with E-state index >= 15 is 0 Å². The van der Waals surface area contributed by atoms with Crippen LogP contribution in [0, 0.1) is 5.92 Å². The molecule has 116 valence electrons. The predicted molar refractivity (Wildman–Crippen MR) is 78.0 cm³/mol. The zero-order valence-corrected chi connectivity index (χ0v) is 13.3. The molecule has 3 atom stereocenters. The van der Waals surface area contributed by atoms with Crippen molar-refractivity contribution >= 4 is 21.8 Å². The molecule has 0 aromatic rings. The lowest BCUT2D eigenvalue weighted by Crippen LogP contribution is -2.57. The highest BCUT2D eigenvalue weighted by Crippen LogP contribution is 2.33. The number of hydrogen-bond acceptors (Lipinski definition) is 3. The number of fused-ring (bicyclic) bond motifs is 1. The topological polar surface area (TPSA) is 49.9 Å². The van der Waals surface area contributed by atoms with Crippen LogP contribution in [0.25, 0.3) is 0 Å². The van der Waals surface area contributed by atoms with E-state index in [4.69, 9.17) is 16.3 Å². The van der Waals surface area contributed by atoms with Gasteiger partial charge in [0, 0.05) is 25.5 Å². The Bertz CT molecular complexity index is 445. The van der Waals surface area contributed by atoms with E-state index in [0.29, 0.717) is 38.0 Å². The van der Waals surface area contributed by atoms with Crippen LogP contribution in [0.15, 0.2) is 0 Å². The molecule has 0 spiro atoms. The summed E-state index contributed by atoms with van der Waals surface area (Å²) in [5, 5.41) is 0. The third-order valence-electron chi connectivity index (χ3n) is 4.75. The van der Waals surface area contributed by atoms with Crippen molar-refractivity contribution in [1.29, 1.82) is 0 Å². The first-order valence-corrected chi connectivity index (χ1v) is 9.50. The second-order valence-electron chi connectivity index (χ2n) is 6.05. The maximum absolute atomic E-state index is 12.9. The molecule has 5 nitrogen and oxygen atoms in total. The van der Waals surface area contributed by atoms with Crippen molar-refractivity contribution in [2.75, 3.05) is 32.1 Å². The minimum atomic E-state index is -3.35. The van der Waals surface area contributed by atoms with Crippen molar-refractivity contribution in [2.45, 2.75) is 44.2 Å². The molecule has 2 saturated heterocycles. The Labute approximate surface area is 126 Å². The third kappa shape index (κ3) is 2.73. The Balaban J connectivity index is 1.76. The first-order valence-electron chi connectivity index (χ1n) is 7.57. The number of hydrogen-bond donors (Lipinski definition) is 0. The number of halogens is 1. The monoisotopic (exact) mass is 322 g/mol. The molecule has 3 rings (SSSR count). The molecule has 1 aliphatic carbocycles. The van der Waals surface area contributed by atoms with E-state index in [2.05, 4.69) is 0 Å². The van der Waals surface area contributed by atoms with Crippen LogP contribution in [0.4, 0.5) is 0 Å². The molecule has 0 aromatic heterocycles. The fraction of sp³-hybridized carbons (Fsp3) is 1.00. The first-order chi connectivity index (χ1) is 9.63. The standard InChI is InChI=1S/C13H23ClN2O3S/c14-9-11-3-2-6-15(10-11)20(17,18)16-7-8-19-13-5-1-4-12(13)16/h11-13H,1-10H2. The molecule has 2 aliphatic heterocycles. The molecule has 20 heavy (non-hydrogen) atoms. The zero-order valence-electron chi connectivity index (χ0n) is 11.7. The molecule has 3 aliphatic rings. The van der Waals surface area contributed by atoms with Gasteiger partial charge in [-0.2, -0.15) is 17.0 Å². The van der Waals surface area contributed by atoms with Crippen LogP contribution in [0.2, 0.25) is 0 Å². The maximum Gasteiger partial charge on any atom is 0.282 e. The molecule has 0 bridgehead atoms. The summed E-state index contributed by atoms with van der Waals surface area (Å²) >= 11 is 5.92. The molecule has 1 saturated carbocycles. The van der Waals surface area contributed by atoms with Crippen molar-refractivity contribution in [1.82, 2.24) is 8.61 Å². The van der Waals surface area contributed by atoms with Gasteiger partial charge >= 0.3 is 0 Å². The summed E-state index contributed by atoms with van der Waals surface area (Å²) in [7, 11) is -3.35. The highest BCUT2D eigenvalue weighted by molar-refractivity contribution is 7.86. The Kier molecular flexibility index (Phi) is 4.57. The van der Waals surface area contributed by atoms with Crippen molar-refractivity contribution in [3.63, 3.8) is 0 Å². The van der Waals surface area contributed by atoms with Crippen LogP contribution >= 0.6 is 11.6 Å². The van der Waals surface area contributed by atoms with E-state index in [-0.39, 0.29) is 12.1 Å². The smallest absolute Gasteiger partial charge is 0.282 e. The number of nitrogens with zero attached hydrogens (tertiary/aromatic N) is 2. The van der Waals surface area contributed by atoms with Gasteiger partial charge in [0.05, 0.1) is 18.8 Å². The number of ether oxygens (including phenoxy) is 1. The van der Waals surface area contributed by atoms with Gasteiger partial charge in [0.1, 0.15) is 0 Å². The average Bonchev–Trinajstić information content (AvgIpc) is 2.95. The lowest BCUT2D eigenvalue weighted by molar-refractivity contribution is -0.0264. The van der Waals surface area contributed by atoms with Gasteiger partial charge in [0.25, 0.3) is 10.2 Å². The summed E-state index contributed by atoms with van der Waals surface area (Å²) in [6.07, 6.45) is 5.02. The van der Waals surface area contributed by atoms with Crippen LogP contribution in [0.1, 0.15) is 32.1 Å². The van der Waals surface area contributed by atoms with E-state index < -0.39 is 10.2 Å². The first kappa shape index (κ1) is 15.0. The Morgan fingerprint density at radius 1 is 1.15 bits per heavy atom. The molecule has 0 N–H and O–H groups in total. The number of morpholine rings is 1. The van der Waals surface area contributed by atoms with Crippen molar-refractivity contribution in [3.05, 3.63) is 0 Å².